The van der Waals surface area contributed by atoms with E-state index in [0.717, 1.165) is 12.7 Å². The molecule has 0 saturated carbocycles. The maximum absolute atomic E-state index is 10.6. The van der Waals surface area contributed by atoms with E-state index in [2.05, 4.69) is 20.8 Å². The lowest BCUT2D eigenvalue weighted by molar-refractivity contribution is -0.110. The van der Waals surface area contributed by atoms with Crippen molar-refractivity contribution in [3.8, 4) is 0 Å². The molecule has 2 saturated heterocycles. The van der Waals surface area contributed by atoms with Crippen molar-refractivity contribution in [3.05, 3.63) is 0 Å². The molecule has 2 aliphatic heterocycles. The molecule has 74 valence electrons. The third kappa shape index (κ3) is 1.08. The molecule has 0 amide bonds. The Morgan fingerprint density at radius 3 is 2.62 bits per heavy atom. The second-order valence-electron chi connectivity index (χ2n) is 5.23. The third-order valence-electron chi connectivity index (χ3n) is 4.11. The molecule has 0 aromatic heterocycles. The van der Waals surface area contributed by atoms with Crippen molar-refractivity contribution in [3.63, 3.8) is 0 Å². The average Bonchev–Trinajstić information content (AvgIpc) is 2.50. The largest absolute Gasteiger partial charge is 0.371 e. The number of carbonyl (C=O) groups excluding carboxylic acids is 1. The van der Waals surface area contributed by atoms with E-state index in [1.165, 1.54) is 6.42 Å². The molecule has 0 aliphatic carbocycles. The molecular weight excluding hydrogens is 164 g/mol. The van der Waals surface area contributed by atoms with Gasteiger partial charge in [-0.05, 0) is 25.2 Å². The zero-order valence-corrected chi connectivity index (χ0v) is 8.67. The van der Waals surface area contributed by atoms with Gasteiger partial charge in [0.15, 0.2) is 0 Å². The fraction of sp³-hybridized carbons (Fsp3) is 0.909. The first-order valence-electron chi connectivity index (χ1n) is 5.12. The summed E-state index contributed by atoms with van der Waals surface area (Å²) in [6.07, 6.45) is 4.36. The van der Waals surface area contributed by atoms with Gasteiger partial charge in [0.2, 0.25) is 0 Å². The van der Waals surface area contributed by atoms with Crippen molar-refractivity contribution in [2.45, 2.75) is 51.7 Å². The summed E-state index contributed by atoms with van der Waals surface area (Å²) in [5, 5.41) is 0. The van der Waals surface area contributed by atoms with E-state index in [4.69, 9.17) is 4.74 Å². The molecule has 2 heteroatoms. The predicted octanol–water partition coefficient (Wildman–Crippen LogP) is 2.17. The molecule has 2 rings (SSSR count). The molecule has 2 fully saturated rings. The second kappa shape index (κ2) is 2.57. The normalized spacial score (nSPS) is 46.7. The Kier molecular flexibility index (Phi) is 1.82. The van der Waals surface area contributed by atoms with Crippen LogP contribution in [0.1, 0.15) is 40.0 Å². The highest BCUT2D eigenvalue weighted by molar-refractivity contribution is 5.50. The van der Waals surface area contributed by atoms with Gasteiger partial charge < -0.3 is 9.53 Å². The second-order valence-corrected chi connectivity index (χ2v) is 5.23. The number of ether oxygens (including phenoxy) is 1. The van der Waals surface area contributed by atoms with E-state index >= 15 is 0 Å². The van der Waals surface area contributed by atoms with Crippen molar-refractivity contribution in [1.82, 2.24) is 0 Å². The van der Waals surface area contributed by atoms with Crippen LogP contribution in [0, 0.1) is 11.3 Å². The van der Waals surface area contributed by atoms with Gasteiger partial charge in [0.25, 0.3) is 0 Å². The molecule has 3 atom stereocenters. The van der Waals surface area contributed by atoms with Crippen molar-refractivity contribution >= 4 is 6.29 Å². The first-order chi connectivity index (χ1) is 6.00. The number of hydrogen-bond acceptors (Lipinski definition) is 2. The Morgan fingerprint density at radius 2 is 2.15 bits per heavy atom. The monoisotopic (exact) mass is 182 g/mol. The van der Waals surface area contributed by atoms with Crippen LogP contribution in [0.5, 0.6) is 0 Å². The summed E-state index contributed by atoms with van der Waals surface area (Å²) in [4.78, 5) is 10.6. The number of rotatable bonds is 2. The fourth-order valence-corrected chi connectivity index (χ4v) is 3.30. The smallest absolute Gasteiger partial charge is 0.120 e. The topological polar surface area (TPSA) is 26.3 Å². The highest BCUT2D eigenvalue weighted by atomic mass is 16.5. The van der Waals surface area contributed by atoms with Crippen molar-refractivity contribution in [2.75, 3.05) is 0 Å². The van der Waals surface area contributed by atoms with Gasteiger partial charge in [-0.2, -0.15) is 0 Å². The zero-order valence-electron chi connectivity index (χ0n) is 8.67. The van der Waals surface area contributed by atoms with Gasteiger partial charge in [-0.15, -0.1) is 0 Å². The van der Waals surface area contributed by atoms with Crippen LogP contribution in [-0.4, -0.2) is 18.0 Å². The SMILES string of the molecule is CC1(C)[C@@H]2CC[C@@](C)(O2)[C@H]1CC=O. The van der Waals surface area contributed by atoms with E-state index < -0.39 is 0 Å². The summed E-state index contributed by atoms with van der Waals surface area (Å²) in [6, 6.07) is 0. The molecular formula is C11H18O2. The van der Waals surface area contributed by atoms with Gasteiger partial charge in [0.05, 0.1) is 11.7 Å². The van der Waals surface area contributed by atoms with Crippen LogP contribution in [0.2, 0.25) is 0 Å². The third-order valence-corrected chi connectivity index (χ3v) is 4.11. The van der Waals surface area contributed by atoms with E-state index in [1.54, 1.807) is 0 Å². The van der Waals surface area contributed by atoms with Crippen molar-refractivity contribution in [1.29, 1.82) is 0 Å². The molecule has 13 heavy (non-hydrogen) atoms. The van der Waals surface area contributed by atoms with Crippen molar-refractivity contribution in [2.24, 2.45) is 11.3 Å². The first kappa shape index (κ1) is 9.20. The molecule has 2 bridgehead atoms. The minimum atomic E-state index is -0.0188. The molecule has 0 aromatic carbocycles. The van der Waals surface area contributed by atoms with Gasteiger partial charge in [0.1, 0.15) is 6.29 Å². The number of fused-ring (bicyclic) bond motifs is 2. The Morgan fingerprint density at radius 1 is 1.46 bits per heavy atom. The standard InChI is InChI=1S/C11H18O2/c1-10(2)8(5-7-12)11(3)6-4-9(10)13-11/h7-9H,4-6H2,1-3H3/t8-,9-,11+/m0/s1. The molecule has 0 unspecified atom stereocenters. The quantitative estimate of drug-likeness (QED) is 0.612. The minimum Gasteiger partial charge on any atom is -0.371 e. The number of hydrogen-bond donors (Lipinski definition) is 0. The summed E-state index contributed by atoms with van der Waals surface area (Å²) in [6.45, 7) is 6.63. The molecule has 2 nitrogen and oxygen atoms in total. The molecule has 0 radical (unpaired) electrons. The zero-order chi connectivity index (χ0) is 9.69. The fourth-order valence-electron chi connectivity index (χ4n) is 3.30. The van der Waals surface area contributed by atoms with E-state index in [-0.39, 0.29) is 11.0 Å². The average molecular weight is 182 g/mol. The maximum Gasteiger partial charge on any atom is 0.120 e. The Bertz CT molecular complexity index is 229. The van der Waals surface area contributed by atoms with Crippen molar-refractivity contribution < 1.29 is 9.53 Å². The molecule has 2 heterocycles. The van der Waals surface area contributed by atoms with Crippen LogP contribution >= 0.6 is 0 Å². The van der Waals surface area contributed by atoms with Crippen LogP contribution < -0.4 is 0 Å². The van der Waals surface area contributed by atoms with Gasteiger partial charge in [-0.25, -0.2) is 0 Å². The van der Waals surface area contributed by atoms with Crippen LogP contribution in [0.15, 0.2) is 0 Å². The summed E-state index contributed by atoms with van der Waals surface area (Å²) in [5.41, 5.74) is 0.170. The maximum atomic E-state index is 10.6. The van der Waals surface area contributed by atoms with E-state index in [9.17, 15) is 4.79 Å². The van der Waals surface area contributed by atoms with Gasteiger partial charge in [-0.3, -0.25) is 0 Å². The Hall–Kier alpha value is -0.370. The van der Waals surface area contributed by atoms with Gasteiger partial charge >= 0.3 is 0 Å². The summed E-state index contributed by atoms with van der Waals surface area (Å²) < 4.78 is 5.98. The van der Waals surface area contributed by atoms with E-state index in [1.807, 2.05) is 0 Å². The Balaban J connectivity index is 2.28. The lowest BCUT2D eigenvalue weighted by atomic mass is 9.63. The Labute approximate surface area is 79.7 Å². The van der Waals surface area contributed by atoms with Crippen LogP contribution in [-0.2, 0) is 9.53 Å². The van der Waals surface area contributed by atoms with Crippen LogP contribution in [0.25, 0.3) is 0 Å². The molecule has 0 N–H and O–H groups in total. The van der Waals surface area contributed by atoms with Gasteiger partial charge in [-0.1, -0.05) is 13.8 Å². The highest BCUT2D eigenvalue weighted by Gasteiger charge is 2.60. The highest BCUT2D eigenvalue weighted by Crippen LogP contribution is 2.58. The predicted molar refractivity (Wildman–Crippen MR) is 50.5 cm³/mol. The summed E-state index contributed by atoms with van der Waals surface area (Å²) in [5.74, 6) is 0.413. The number of aldehydes is 1. The van der Waals surface area contributed by atoms with E-state index in [0.29, 0.717) is 18.4 Å². The van der Waals surface area contributed by atoms with Crippen LogP contribution in [0.3, 0.4) is 0 Å². The lowest BCUT2D eigenvalue weighted by Crippen LogP contribution is -2.40. The lowest BCUT2D eigenvalue weighted by Gasteiger charge is -2.38. The number of carbonyl (C=O) groups is 1. The molecule has 0 spiro atoms. The summed E-state index contributed by atoms with van der Waals surface area (Å²) in [7, 11) is 0. The molecule has 0 aromatic rings. The minimum absolute atomic E-state index is 0.0188. The van der Waals surface area contributed by atoms with Crippen LogP contribution in [0.4, 0.5) is 0 Å². The van der Waals surface area contributed by atoms with Gasteiger partial charge in [0, 0.05) is 12.3 Å². The first-order valence-corrected chi connectivity index (χ1v) is 5.12. The molecule has 2 aliphatic rings. The summed E-state index contributed by atoms with van der Waals surface area (Å²) >= 11 is 0.